The average Bonchev–Trinajstić information content (AvgIpc) is 2.17. The maximum Gasteiger partial charge on any atom is 0.0452 e. The zero-order chi connectivity index (χ0) is 11.3. The predicted octanol–water partition coefficient (Wildman–Crippen LogP) is 3.00. The molecule has 0 heterocycles. The molecule has 0 aliphatic rings. The van der Waals surface area contributed by atoms with Crippen LogP contribution in [0.25, 0.3) is 0 Å². The molecule has 1 rings (SSSR count). The summed E-state index contributed by atoms with van der Waals surface area (Å²) < 4.78 is 4.57. The van der Waals surface area contributed by atoms with E-state index >= 15 is 0 Å². The molecule has 0 saturated heterocycles. The largest absolute Gasteiger partial charge is 0.290 e. The molecule has 0 amide bonds. The van der Waals surface area contributed by atoms with Gasteiger partial charge in [0.1, 0.15) is 0 Å². The number of rotatable bonds is 5. The van der Waals surface area contributed by atoms with Crippen molar-refractivity contribution in [2.24, 2.45) is 0 Å². The van der Waals surface area contributed by atoms with Gasteiger partial charge >= 0.3 is 0 Å². The monoisotopic (exact) mass is 242 g/mol. The fourth-order valence-corrected chi connectivity index (χ4v) is 4.84. The normalized spacial score (nSPS) is 15.1. The van der Waals surface area contributed by atoms with Gasteiger partial charge in [-0.2, -0.15) is 0 Å². The molecular formula is C11H20N2P2. The lowest BCUT2D eigenvalue weighted by Gasteiger charge is -2.24. The van der Waals surface area contributed by atoms with E-state index in [1.54, 1.807) is 0 Å². The third-order valence-electron chi connectivity index (χ3n) is 1.91. The third-order valence-corrected chi connectivity index (χ3v) is 4.90. The van der Waals surface area contributed by atoms with Crippen molar-refractivity contribution in [1.29, 1.82) is 0 Å². The van der Waals surface area contributed by atoms with Gasteiger partial charge in [0.2, 0.25) is 0 Å². The summed E-state index contributed by atoms with van der Waals surface area (Å²) in [5, 5.41) is 0.649. The molecule has 1 aromatic rings. The molecule has 2 nitrogen and oxygen atoms in total. The van der Waals surface area contributed by atoms with Gasteiger partial charge in [-0.1, -0.05) is 30.3 Å². The minimum atomic E-state index is 0.649. The molecule has 0 bridgehead atoms. The minimum Gasteiger partial charge on any atom is -0.290 e. The standard InChI is InChI=1S/C11H20N2P2/c1-12(2)14-11(15-13(3)4)10-8-6-5-7-9-10/h5-9,11,14-15H,1-4H3. The molecule has 2 atom stereocenters. The number of hydrogen-bond acceptors (Lipinski definition) is 2. The minimum absolute atomic E-state index is 0.649. The topological polar surface area (TPSA) is 6.48 Å². The zero-order valence-electron chi connectivity index (χ0n) is 9.86. The summed E-state index contributed by atoms with van der Waals surface area (Å²) in [5.41, 5.74) is 1.46. The second-order valence-electron chi connectivity index (χ2n) is 3.89. The van der Waals surface area contributed by atoms with Gasteiger partial charge in [0.05, 0.1) is 0 Å². The van der Waals surface area contributed by atoms with Crippen molar-refractivity contribution in [3.05, 3.63) is 35.9 Å². The van der Waals surface area contributed by atoms with Crippen molar-refractivity contribution in [2.75, 3.05) is 28.2 Å². The van der Waals surface area contributed by atoms with Crippen molar-refractivity contribution >= 4 is 17.5 Å². The molecule has 84 valence electrons. The molecule has 0 fully saturated rings. The van der Waals surface area contributed by atoms with Crippen LogP contribution in [-0.2, 0) is 0 Å². The van der Waals surface area contributed by atoms with Crippen LogP contribution in [0.5, 0.6) is 0 Å². The first kappa shape index (κ1) is 13.1. The van der Waals surface area contributed by atoms with Crippen LogP contribution in [0.1, 0.15) is 11.0 Å². The van der Waals surface area contributed by atoms with Crippen LogP contribution in [-0.4, -0.2) is 37.5 Å². The summed E-state index contributed by atoms with van der Waals surface area (Å²) in [6, 6.07) is 10.8. The lowest BCUT2D eigenvalue weighted by molar-refractivity contribution is 0.673. The Bertz CT molecular complexity index is 265. The van der Waals surface area contributed by atoms with E-state index < -0.39 is 0 Å². The second kappa shape index (κ2) is 6.55. The van der Waals surface area contributed by atoms with E-state index in [2.05, 4.69) is 67.9 Å². The fourth-order valence-electron chi connectivity index (χ4n) is 1.34. The summed E-state index contributed by atoms with van der Waals surface area (Å²) >= 11 is 0. The lowest BCUT2D eigenvalue weighted by atomic mass is 10.2. The molecule has 0 aromatic heterocycles. The van der Waals surface area contributed by atoms with E-state index in [1.165, 1.54) is 5.56 Å². The first-order valence-electron chi connectivity index (χ1n) is 5.01. The summed E-state index contributed by atoms with van der Waals surface area (Å²) in [6.45, 7) is 0. The molecule has 0 aliphatic carbocycles. The summed E-state index contributed by atoms with van der Waals surface area (Å²) in [5.74, 6) is 0. The quantitative estimate of drug-likeness (QED) is 0.732. The number of nitrogens with zero attached hydrogens (tertiary/aromatic N) is 2. The van der Waals surface area contributed by atoms with Gasteiger partial charge in [0.15, 0.2) is 0 Å². The van der Waals surface area contributed by atoms with E-state index in [4.69, 9.17) is 0 Å². The van der Waals surface area contributed by atoms with Crippen molar-refractivity contribution in [2.45, 2.75) is 5.40 Å². The van der Waals surface area contributed by atoms with E-state index in [-0.39, 0.29) is 0 Å². The van der Waals surface area contributed by atoms with E-state index in [1.807, 2.05) is 0 Å². The van der Waals surface area contributed by atoms with Gasteiger partial charge in [-0.3, -0.25) is 9.34 Å². The summed E-state index contributed by atoms with van der Waals surface area (Å²) in [6.07, 6.45) is 0. The third kappa shape index (κ3) is 5.04. The SMILES string of the molecule is CN(C)PC(PN(C)C)c1ccccc1. The van der Waals surface area contributed by atoms with Crippen LogP contribution < -0.4 is 0 Å². The molecule has 0 radical (unpaired) electrons. The molecule has 0 saturated carbocycles. The molecule has 0 spiro atoms. The summed E-state index contributed by atoms with van der Waals surface area (Å²) in [4.78, 5) is 0. The fraction of sp³-hybridized carbons (Fsp3) is 0.455. The highest BCUT2D eigenvalue weighted by Gasteiger charge is 2.13. The van der Waals surface area contributed by atoms with Crippen LogP contribution in [0.15, 0.2) is 30.3 Å². The van der Waals surface area contributed by atoms with Crippen LogP contribution >= 0.6 is 17.5 Å². The number of benzene rings is 1. The Morgan fingerprint density at radius 2 is 1.33 bits per heavy atom. The highest BCUT2D eigenvalue weighted by molar-refractivity contribution is 7.54. The van der Waals surface area contributed by atoms with Gasteiger partial charge in [0, 0.05) is 5.40 Å². The van der Waals surface area contributed by atoms with Gasteiger partial charge in [-0.05, 0) is 51.2 Å². The van der Waals surface area contributed by atoms with Crippen molar-refractivity contribution in [3.8, 4) is 0 Å². The molecular weight excluding hydrogens is 222 g/mol. The summed E-state index contributed by atoms with van der Waals surface area (Å²) in [7, 11) is 10.3. The Kier molecular flexibility index (Phi) is 5.71. The van der Waals surface area contributed by atoms with Gasteiger partial charge in [0.25, 0.3) is 0 Å². The van der Waals surface area contributed by atoms with Crippen LogP contribution in [0.3, 0.4) is 0 Å². The van der Waals surface area contributed by atoms with Gasteiger partial charge in [-0.15, -0.1) is 0 Å². The molecule has 4 heteroatoms. The maximum atomic E-state index is 2.29. The lowest BCUT2D eigenvalue weighted by Crippen LogP contribution is -2.05. The zero-order valence-corrected chi connectivity index (χ0v) is 11.9. The molecule has 2 unspecified atom stereocenters. The van der Waals surface area contributed by atoms with Crippen LogP contribution in [0.2, 0.25) is 0 Å². The molecule has 1 aromatic carbocycles. The van der Waals surface area contributed by atoms with Gasteiger partial charge < -0.3 is 0 Å². The Morgan fingerprint density at radius 1 is 0.867 bits per heavy atom. The molecule has 15 heavy (non-hydrogen) atoms. The van der Waals surface area contributed by atoms with Crippen molar-refractivity contribution in [3.63, 3.8) is 0 Å². The average molecular weight is 242 g/mol. The van der Waals surface area contributed by atoms with Gasteiger partial charge in [-0.25, -0.2) is 0 Å². The van der Waals surface area contributed by atoms with E-state index in [9.17, 15) is 0 Å². The predicted molar refractivity (Wildman–Crippen MR) is 73.2 cm³/mol. The van der Waals surface area contributed by atoms with Crippen LogP contribution in [0.4, 0.5) is 0 Å². The Labute approximate surface area is 96.7 Å². The Morgan fingerprint density at radius 3 is 1.73 bits per heavy atom. The Balaban J connectivity index is 2.72. The first-order valence-corrected chi connectivity index (χ1v) is 7.06. The highest BCUT2D eigenvalue weighted by atomic mass is 31.1. The highest BCUT2D eigenvalue weighted by Crippen LogP contribution is 2.49. The van der Waals surface area contributed by atoms with E-state index in [0.29, 0.717) is 5.40 Å². The van der Waals surface area contributed by atoms with E-state index in [0.717, 1.165) is 17.5 Å². The number of hydrogen-bond donors (Lipinski definition) is 0. The molecule has 0 N–H and O–H groups in total. The van der Waals surface area contributed by atoms with Crippen LogP contribution in [0, 0.1) is 0 Å². The van der Waals surface area contributed by atoms with Crippen molar-refractivity contribution in [1.82, 2.24) is 9.34 Å². The Hall–Kier alpha value is 0. The van der Waals surface area contributed by atoms with Crippen molar-refractivity contribution < 1.29 is 0 Å². The first-order chi connectivity index (χ1) is 7.09. The maximum absolute atomic E-state index is 2.29. The smallest absolute Gasteiger partial charge is 0.0452 e. The second-order valence-corrected chi connectivity index (χ2v) is 7.93. The molecule has 0 aliphatic heterocycles.